The first-order valence-corrected chi connectivity index (χ1v) is 9.04. The Bertz CT molecular complexity index is 732. The molecule has 0 amide bonds. The van der Waals surface area contributed by atoms with Crippen molar-refractivity contribution in [3.8, 4) is 17.2 Å². The van der Waals surface area contributed by atoms with Crippen LogP contribution in [0.25, 0.3) is 6.08 Å². The lowest BCUT2D eigenvalue weighted by atomic mass is 10.1. The van der Waals surface area contributed by atoms with Gasteiger partial charge in [-0.25, -0.2) is 4.79 Å². The van der Waals surface area contributed by atoms with E-state index in [2.05, 4.69) is 6.92 Å². The molecule has 0 aliphatic heterocycles. The smallest absolute Gasteiger partial charge is 0.336 e. The van der Waals surface area contributed by atoms with Crippen LogP contribution in [0.4, 0.5) is 0 Å². The summed E-state index contributed by atoms with van der Waals surface area (Å²) >= 11 is 0. The Labute approximate surface area is 155 Å². The first-order chi connectivity index (χ1) is 12.7. The molecule has 0 heterocycles. The summed E-state index contributed by atoms with van der Waals surface area (Å²) in [6, 6.07) is 13.2. The summed E-state index contributed by atoms with van der Waals surface area (Å²) in [5, 5.41) is 0. The SMILES string of the molecule is CCCc1ccc(OC(=O)/C=C/c2ccc(OCC)c(OCC)c2)cc1. The van der Waals surface area contributed by atoms with Crippen molar-refractivity contribution in [3.63, 3.8) is 0 Å². The molecule has 0 fully saturated rings. The molecule has 4 nitrogen and oxygen atoms in total. The fourth-order valence-electron chi connectivity index (χ4n) is 2.50. The molecule has 0 saturated heterocycles. The van der Waals surface area contributed by atoms with Gasteiger partial charge in [0.05, 0.1) is 13.2 Å². The number of hydrogen-bond acceptors (Lipinski definition) is 4. The molecule has 2 rings (SSSR count). The van der Waals surface area contributed by atoms with Crippen molar-refractivity contribution in [1.29, 1.82) is 0 Å². The van der Waals surface area contributed by atoms with Crippen LogP contribution in [-0.4, -0.2) is 19.2 Å². The van der Waals surface area contributed by atoms with Gasteiger partial charge < -0.3 is 14.2 Å². The molecule has 138 valence electrons. The Morgan fingerprint density at radius 1 is 0.923 bits per heavy atom. The number of ether oxygens (including phenoxy) is 3. The van der Waals surface area contributed by atoms with Gasteiger partial charge >= 0.3 is 5.97 Å². The third-order valence-corrected chi connectivity index (χ3v) is 3.66. The molecule has 2 aromatic rings. The van der Waals surface area contributed by atoms with Crippen LogP contribution in [0, 0.1) is 0 Å². The molecule has 0 bridgehead atoms. The molecule has 26 heavy (non-hydrogen) atoms. The second-order valence-corrected chi connectivity index (χ2v) is 5.72. The van der Waals surface area contributed by atoms with E-state index in [0.29, 0.717) is 30.5 Å². The van der Waals surface area contributed by atoms with E-state index < -0.39 is 5.97 Å². The van der Waals surface area contributed by atoms with Crippen molar-refractivity contribution < 1.29 is 19.0 Å². The number of rotatable bonds is 9. The molecule has 0 aliphatic rings. The minimum atomic E-state index is -0.417. The second kappa shape index (κ2) is 10.3. The molecule has 2 aromatic carbocycles. The molecule has 0 saturated carbocycles. The summed E-state index contributed by atoms with van der Waals surface area (Å²) in [6.07, 6.45) is 5.22. The van der Waals surface area contributed by atoms with Crippen molar-refractivity contribution >= 4 is 12.0 Å². The maximum Gasteiger partial charge on any atom is 0.336 e. The standard InChI is InChI=1S/C22H26O4/c1-4-7-17-8-12-19(13-9-17)26-22(23)15-11-18-10-14-20(24-5-2)21(16-18)25-6-3/h8-16H,4-7H2,1-3H3/b15-11+. The van der Waals surface area contributed by atoms with Gasteiger partial charge in [-0.05, 0) is 61.7 Å². The molecular formula is C22H26O4. The number of aryl methyl sites for hydroxylation is 1. The maximum absolute atomic E-state index is 12.0. The molecule has 0 spiro atoms. The average Bonchev–Trinajstić information content (AvgIpc) is 2.64. The van der Waals surface area contributed by atoms with Gasteiger partial charge in [0, 0.05) is 6.08 Å². The van der Waals surface area contributed by atoms with Crippen molar-refractivity contribution in [2.45, 2.75) is 33.6 Å². The van der Waals surface area contributed by atoms with Crippen LogP contribution in [0.1, 0.15) is 38.3 Å². The molecule has 0 aromatic heterocycles. The maximum atomic E-state index is 12.0. The van der Waals surface area contributed by atoms with Crippen LogP contribution in [-0.2, 0) is 11.2 Å². The molecule has 0 unspecified atom stereocenters. The zero-order valence-electron chi connectivity index (χ0n) is 15.7. The highest BCUT2D eigenvalue weighted by atomic mass is 16.5. The Morgan fingerprint density at radius 2 is 1.62 bits per heavy atom. The highest BCUT2D eigenvalue weighted by molar-refractivity contribution is 5.88. The second-order valence-electron chi connectivity index (χ2n) is 5.72. The summed E-state index contributed by atoms with van der Waals surface area (Å²) in [5.41, 5.74) is 2.08. The van der Waals surface area contributed by atoms with Crippen molar-refractivity contribution in [2.75, 3.05) is 13.2 Å². The van der Waals surface area contributed by atoms with Gasteiger partial charge in [-0.3, -0.25) is 0 Å². The van der Waals surface area contributed by atoms with E-state index in [4.69, 9.17) is 14.2 Å². The van der Waals surface area contributed by atoms with E-state index in [-0.39, 0.29) is 0 Å². The van der Waals surface area contributed by atoms with Crippen LogP contribution < -0.4 is 14.2 Å². The third kappa shape index (κ3) is 5.96. The van der Waals surface area contributed by atoms with Gasteiger partial charge in [0.25, 0.3) is 0 Å². The van der Waals surface area contributed by atoms with Gasteiger partial charge in [0.15, 0.2) is 11.5 Å². The highest BCUT2D eigenvalue weighted by Crippen LogP contribution is 2.29. The number of benzene rings is 2. The van der Waals surface area contributed by atoms with Gasteiger partial charge in [-0.2, -0.15) is 0 Å². The quantitative estimate of drug-likeness (QED) is 0.359. The lowest BCUT2D eigenvalue weighted by molar-refractivity contribution is -0.128. The van der Waals surface area contributed by atoms with E-state index in [0.717, 1.165) is 18.4 Å². The number of esters is 1. The van der Waals surface area contributed by atoms with Crippen LogP contribution >= 0.6 is 0 Å². The lowest BCUT2D eigenvalue weighted by Crippen LogP contribution is -2.03. The van der Waals surface area contributed by atoms with E-state index >= 15 is 0 Å². The Morgan fingerprint density at radius 3 is 2.27 bits per heavy atom. The summed E-state index contributed by atoms with van der Waals surface area (Å²) in [6.45, 7) is 7.09. The predicted molar refractivity (Wildman–Crippen MR) is 104 cm³/mol. The Hall–Kier alpha value is -2.75. The highest BCUT2D eigenvalue weighted by Gasteiger charge is 2.06. The summed E-state index contributed by atoms with van der Waals surface area (Å²) in [5.74, 6) is 1.49. The van der Waals surface area contributed by atoms with Crippen molar-refractivity contribution in [1.82, 2.24) is 0 Å². The third-order valence-electron chi connectivity index (χ3n) is 3.66. The van der Waals surface area contributed by atoms with Crippen molar-refractivity contribution in [2.24, 2.45) is 0 Å². The van der Waals surface area contributed by atoms with Crippen molar-refractivity contribution in [3.05, 3.63) is 59.7 Å². The van der Waals surface area contributed by atoms with Crippen LogP contribution in [0.5, 0.6) is 17.2 Å². The fourth-order valence-corrected chi connectivity index (χ4v) is 2.50. The van der Waals surface area contributed by atoms with E-state index in [1.54, 1.807) is 6.08 Å². The molecule has 4 heteroatoms. The van der Waals surface area contributed by atoms with Gasteiger partial charge in [-0.1, -0.05) is 31.5 Å². The number of hydrogen-bond donors (Lipinski definition) is 0. The number of carbonyl (C=O) groups is 1. The first kappa shape index (κ1) is 19.6. The van der Waals surface area contributed by atoms with E-state index in [1.165, 1.54) is 11.6 Å². The minimum absolute atomic E-state index is 0.417. The minimum Gasteiger partial charge on any atom is -0.490 e. The predicted octanol–water partition coefficient (Wildman–Crippen LogP) is 5.06. The van der Waals surface area contributed by atoms with Crippen LogP contribution in [0.15, 0.2) is 48.5 Å². The Balaban J connectivity index is 2.01. The summed E-state index contributed by atoms with van der Waals surface area (Å²) in [4.78, 5) is 12.0. The van der Waals surface area contributed by atoms with Crippen LogP contribution in [0.2, 0.25) is 0 Å². The first-order valence-electron chi connectivity index (χ1n) is 9.04. The zero-order valence-corrected chi connectivity index (χ0v) is 15.7. The average molecular weight is 354 g/mol. The van der Waals surface area contributed by atoms with Gasteiger partial charge in [0.2, 0.25) is 0 Å². The Kier molecular flexibility index (Phi) is 7.75. The summed E-state index contributed by atoms with van der Waals surface area (Å²) in [7, 11) is 0. The van der Waals surface area contributed by atoms with Crippen LogP contribution in [0.3, 0.4) is 0 Å². The van der Waals surface area contributed by atoms with E-state index in [9.17, 15) is 4.79 Å². The number of carbonyl (C=O) groups excluding carboxylic acids is 1. The van der Waals surface area contributed by atoms with E-state index in [1.807, 2.05) is 56.3 Å². The van der Waals surface area contributed by atoms with Gasteiger partial charge in [-0.15, -0.1) is 0 Å². The normalized spacial score (nSPS) is 10.7. The molecule has 0 atom stereocenters. The molecule has 0 aliphatic carbocycles. The lowest BCUT2D eigenvalue weighted by Gasteiger charge is -2.11. The molecule has 0 N–H and O–H groups in total. The zero-order chi connectivity index (χ0) is 18.8. The summed E-state index contributed by atoms with van der Waals surface area (Å²) < 4.78 is 16.5. The topological polar surface area (TPSA) is 44.8 Å². The fraction of sp³-hybridized carbons (Fsp3) is 0.318. The monoisotopic (exact) mass is 354 g/mol. The molecular weight excluding hydrogens is 328 g/mol. The van der Waals surface area contributed by atoms with Gasteiger partial charge in [0.1, 0.15) is 5.75 Å². The molecule has 0 radical (unpaired) electrons. The largest absolute Gasteiger partial charge is 0.490 e.